The fraction of sp³-hybridized carbons (Fsp3) is 0.474. The van der Waals surface area contributed by atoms with E-state index < -0.39 is 5.60 Å². The number of carbonyl (C=O) groups excluding carboxylic acids is 1. The van der Waals surface area contributed by atoms with E-state index in [-0.39, 0.29) is 12.1 Å². The van der Waals surface area contributed by atoms with Gasteiger partial charge in [0.1, 0.15) is 16.6 Å². The fourth-order valence-corrected chi connectivity index (χ4v) is 3.73. The summed E-state index contributed by atoms with van der Waals surface area (Å²) in [5, 5.41) is 5.54. The zero-order valence-corrected chi connectivity index (χ0v) is 17.5. The first-order valence-corrected chi connectivity index (χ1v) is 9.89. The van der Waals surface area contributed by atoms with Crippen LogP contribution in [0.25, 0.3) is 10.8 Å². The highest BCUT2D eigenvalue weighted by Gasteiger charge is 2.26. The lowest BCUT2D eigenvalue weighted by Gasteiger charge is -2.35. The lowest BCUT2D eigenvalue weighted by atomic mass is 10.0. The number of hydrogen-bond acceptors (Lipinski definition) is 4. The summed E-state index contributed by atoms with van der Waals surface area (Å²) in [4.78, 5) is 18.8. The maximum Gasteiger partial charge on any atom is 0.407 e. The Labute approximate surface area is 167 Å². The molecular weight excluding hydrogens is 418 g/mol. The number of piperidine rings is 1. The van der Waals surface area contributed by atoms with E-state index in [1.165, 1.54) is 0 Å². The molecule has 0 bridgehead atoms. The van der Waals surface area contributed by atoms with E-state index in [4.69, 9.17) is 16.3 Å². The van der Waals surface area contributed by atoms with E-state index in [9.17, 15) is 4.79 Å². The number of hydrogen-bond donors (Lipinski definition) is 1. The second-order valence-corrected chi connectivity index (χ2v) is 8.87. The molecule has 0 unspecified atom stereocenters. The van der Waals surface area contributed by atoms with Crippen molar-refractivity contribution in [3.05, 3.63) is 33.9 Å². The van der Waals surface area contributed by atoms with Gasteiger partial charge in [-0.3, -0.25) is 0 Å². The molecule has 1 amide bonds. The van der Waals surface area contributed by atoms with Gasteiger partial charge in [0.2, 0.25) is 0 Å². The van der Waals surface area contributed by atoms with Crippen molar-refractivity contribution in [3.8, 4) is 0 Å². The number of nitrogens with one attached hydrogen (secondary N) is 1. The van der Waals surface area contributed by atoms with Gasteiger partial charge in [0, 0.05) is 29.0 Å². The second kappa shape index (κ2) is 7.61. The van der Waals surface area contributed by atoms with Crippen LogP contribution in [0, 0.1) is 0 Å². The number of aromatic nitrogens is 1. The van der Waals surface area contributed by atoms with E-state index >= 15 is 0 Å². The molecule has 1 atom stereocenters. The van der Waals surface area contributed by atoms with Gasteiger partial charge in [0.25, 0.3) is 0 Å². The highest BCUT2D eigenvalue weighted by atomic mass is 79.9. The number of rotatable bonds is 2. The second-order valence-electron chi connectivity index (χ2n) is 7.57. The summed E-state index contributed by atoms with van der Waals surface area (Å²) < 4.78 is 6.37. The average molecular weight is 441 g/mol. The molecule has 0 radical (unpaired) electrons. The van der Waals surface area contributed by atoms with Gasteiger partial charge in [-0.05, 0) is 57.2 Å². The van der Waals surface area contributed by atoms with E-state index in [1.807, 2.05) is 39.0 Å². The summed E-state index contributed by atoms with van der Waals surface area (Å²) in [7, 11) is 0. The molecule has 7 heteroatoms. The highest BCUT2D eigenvalue weighted by Crippen LogP contribution is 2.31. The number of carbonyl (C=O) groups is 1. The topological polar surface area (TPSA) is 54.5 Å². The van der Waals surface area contributed by atoms with Crippen LogP contribution in [0.5, 0.6) is 0 Å². The van der Waals surface area contributed by atoms with E-state index in [0.717, 1.165) is 40.4 Å². The molecule has 0 spiro atoms. The lowest BCUT2D eigenvalue weighted by molar-refractivity contribution is 0.0500. The van der Waals surface area contributed by atoms with Crippen LogP contribution >= 0.6 is 27.5 Å². The van der Waals surface area contributed by atoms with Crippen molar-refractivity contribution in [2.24, 2.45) is 0 Å². The number of anilines is 1. The van der Waals surface area contributed by atoms with Gasteiger partial charge < -0.3 is 15.0 Å². The number of fused-ring (bicyclic) bond motifs is 1. The van der Waals surface area contributed by atoms with Crippen LogP contribution in [0.4, 0.5) is 10.6 Å². The van der Waals surface area contributed by atoms with Crippen molar-refractivity contribution in [1.29, 1.82) is 0 Å². The Kier molecular flexibility index (Phi) is 5.63. The molecule has 0 aliphatic carbocycles. The van der Waals surface area contributed by atoms with E-state index in [2.05, 4.69) is 37.2 Å². The van der Waals surface area contributed by atoms with Crippen LogP contribution in [-0.4, -0.2) is 35.8 Å². The highest BCUT2D eigenvalue weighted by molar-refractivity contribution is 9.10. The van der Waals surface area contributed by atoms with Crippen LogP contribution in [0.2, 0.25) is 5.15 Å². The molecule has 140 valence electrons. The van der Waals surface area contributed by atoms with Crippen molar-refractivity contribution in [3.63, 3.8) is 0 Å². The summed E-state index contributed by atoms with van der Waals surface area (Å²) >= 11 is 9.77. The van der Waals surface area contributed by atoms with Gasteiger partial charge in [-0.2, -0.15) is 0 Å². The van der Waals surface area contributed by atoms with Gasteiger partial charge in [-0.25, -0.2) is 9.78 Å². The minimum absolute atomic E-state index is 0.0154. The smallest absolute Gasteiger partial charge is 0.407 e. The number of halogens is 2. The Morgan fingerprint density at radius 3 is 2.88 bits per heavy atom. The van der Waals surface area contributed by atoms with Gasteiger partial charge in [-0.1, -0.05) is 33.6 Å². The fourth-order valence-electron chi connectivity index (χ4n) is 3.17. The maximum atomic E-state index is 12.1. The first kappa shape index (κ1) is 19.2. The van der Waals surface area contributed by atoms with E-state index in [0.29, 0.717) is 11.7 Å². The summed E-state index contributed by atoms with van der Waals surface area (Å²) in [5.41, 5.74) is -0.505. The van der Waals surface area contributed by atoms with Crippen LogP contribution in [0.3, 0.4) is 0 Å². The molecule has 1 aromatic carbocycles. The molecule has 1 aliphatic heterocycles. The maximum absolute atomic E-state index is 12.1. The molecule has 1 aliphatic rings. The van der Waals surface area contributed by atoms with Crippen molar-refractivity contribution >= 4 is 50.2 Å². The average Bonchev–Trinajstić information content (AvgIpc) is 2.53. The zero-order valence-electron chi connectivity index (χ0n) is 15.2. The quantitative estimate of drug-likeness (QED) is 0.657. The molecule has 5 nitrogen and oxygen atoms in total. The monoisotopic (exact) mass is 439 g/mol. The summed E-state index contributed by atoms with van der Waals surface area (Å²) in [6.07, 6.45) is 1.50. The van der Waals surface area contributed by atoms with Crippen molar-refractivity contribution in [2.75, 3.05) is 18.0 Å². The molecule has 26 heavy (non-hydrogen) atoms. The van der Waals surface area contributed by atoms with Crippen molar-refractivity contribution in [2.45, 2.75) is 45.3 Å². The third-order valence-electron chi connectivity index (χ3n) is 4.19. The third-order valence-corrected chi connectivity index (χ3v) is 4.87. The minimum Gasteiger partial charge on any atom is -0.444 e. The van der Waals surface area contributed by atoms with Gasteiger partial charge >= 0.3 is 6.09 Å². The number of amides is 1. The summed E-state index contributed by atoms with van der Waals surface area (Å²) in [6.45, 7) is 7.13. The SMILES string of the molecule is CC(C)(C)OC(=O)N[C@H]1CCCN(c2nc(Cl)cc3ccc(Br)cc23)C1. The number of alkyl carbamates (subject to hydrolysis) is 1. The molecule has 3 rings (SSSR count). The first-order valence-electron chi connectivity index (χ1n) is 8.71. The minimum atomic E-state index is -0.505. The number of benzene rings is 1. The zero-order chi connectivity index (χ0) is 18.9. The van der Waals surface area contributed by atoms with Gasteiger partial charge in [0.15, 0.2) is 0 Å². The van der Waals surface area contributed by atoms with Crippen LogP contribution in [-0.2, 0) is 4.74 Å². The predicted molar refractivity (Wildman–Crippen MR) is 109 cm³/mol. The normalized spacial score (nSPS) is 18.0. The lowest BCUT2D eigenvalue weighted by Crippen LogP contribution is -2.49. The van der Waals surface area contributed by atoms with Crippen LogP contribution < -0.4 is 10.2 Å². The molecule has 2 heterocycles. The Morgan fingerprint density at radius 2 is 2.15 bits per heavy atom. The first-order chi connectivity index (χ1) is 12.2. The number of nitrogens with zero attached hydrogens (tertiary/aromatic N) is 2. The molecule has 1 fully saturated rings. The summed E-state index contributed by atoms with van der Waals surface area (Å²) in [6, 6.07) is 7.95. The molecule has 2 aromatic rings. The van der Waals surface area contributed by atoms with Gasteiger partial charge in [0.05, 0.1) is 0 Å². The number of pyridine rings is 1. The molecule has 1 saturated heterocycles. The largest absolute Gasteiger partial charge is 0.444 e. The van der Waals surface area contributed by atoms with Gasteiger partial charge in [-0.15, -0.1) is 0 Å². The van der Waals surface area contributed by atoms with Crippen molar-refractivity contribution in [1.82, 2.24) is 10.3 Å². The Hall–Kier alpha value is -1.53. The standard InChI is InChI=1S/C19H23BrClN3O2/c1-19(2,3)26-18(25)22-14-5-4-8-24(11-14)17-15-10-13(20)7-6-12(15)9-16(21)23-17/h6-7,9-10,14H,4-5,8,11H2,1-3H3,(H,22,25)/t14-/m0/s1. The molecule has 1 N–H and O–H groups in total. The predicted octanol–water partition coefficient (Wildman–Crippen LogP) is 5.14. The molecule has 1 aromatic heterocycles. The third kappa shape index (κ3) is 4.80. The van der Waals surface area contributed by atoms with E-state index in [1.54, 1.807) is 0 Å². The molecule has 0 saturated carbocycles. The Balaban J connectivity index is 1.81. The van der Waals surface area contributed by atoms with Crippen LogP contribution in [0.1, 0.15) is 33.6 Å². The van der Waals surface area contributed by atoms with Crippen molar-refractivity contribution < 1.29 is 9.53 Å². The molecular formula is C19H23BrClN3O2. The Morgan fingerprint density at radius 1 is 1.38 bits per heavy atom. The summed E-state index contributed by atoms with van der Waals surface area (Å²) in [5.74, 6) is 0.851. The Bertz CT molecular complexity index is 822. The number of ether oxygens (including phenoxy) is 1. The van der Waals surface area contributed by atoms with Crippen LogP contribution in [0.15, 0.2) is 28.7 Å².